The molecule has 0 saturated carbocycles. The van der Waals surface area contributed by atoms with E-state index in [0.717, 1.165) is 40.6 Å². The molecule has 0 saturated heterocycles. The van der Waals surface area contributed by atoms with Crippen LogP contribution in [-0.4, -0.2) is 28.1 Å². The van der Waals surface area contributed by atoms with E-state index in [1.54, 1.807) is 36.6 Å². The number of hydrogen-bond donors (Lipinski definition) is 1. The maximum atomic E-state index is 13.0. The number of hydrogen-bond acceptors (Lipinski definition) is 6. The molecule has 26 heavy (non-hydrogen) atoms. The van der Waals surface area contributed by atoms with Gasteiger partial charge in [0, 0.05) is 4.88 Å². The van der Waals surface area contributed by atoms with Crippen molar-refractivity contribution in [3.8, 4) is 11.5 Å². The molecule has 2 heterocycles. The number of thiophene rings is 1. The van der Waals surface area contributed by atoms with Crippen molar-refractivity contribution in [2.75, 3.05) is 7.11 Å². The molecule has 0 unspecified atom stereocenters. The van der Waals surface area contributed by atoms with Gasteiger partial charge in [-0.05, 0) is 61.9 Å². The molecule has 0 aliphatic heterocycles. The highest BCUT2D eigenvalue weighted by atomic mass is 32.1. The van der Waals surface area contributed by atoms with Gasteiger partial charge < -0.3 is 9.84 Å². The highest BCUT2D eigenvalue weighted by Gasteiger charge is 2.21. The number of aromatic hydroxyl groups is 1. The zero-order chi connectivity index (χ0) is 18.3. The van der Waals surface area contributed by atoms with Crippen molar-refractivity contribution in [2.24, 2.45) is 5.10 Å². The standard InChI is InChI=1S/C19H19N3O3S/c1-11-21-18-17(13-5-3-4-6-16(13)26-18)19(24)22(11)20-10-12-7-8-14(23)15(9-12)25-2/h7-10,23H,3-6H2,1-2H3/b20-10-. The maximum Gasteiger partial charge on any atom is 0.283 e. The molecule has 1 N–H and O–H groups in total. The number of nitrogens with zero attached hydrogens (tertiary/aromatic N) is 3. The normalized spacial score (nSPS) is 14.1. The van der Waals surface area contributed by atoms with Crippen LogP contribution >= 0.6 is 11.3 Å². The van der Waals surface area contributed by atoms with E-state index in [0.29, 0.717) is 11.6 Å². The zero-order valence-electron chi connectivity index (χ0n) is 14.7. The van der Waals surface area contributed by atoms with E-state index in [1.807, 2.05) is 0 Å². The number of aryl methyl sites for hydroxylation is 3. The first-order chi connectivity index (χ1) is 12.6. The summed E-state index contributed by atoms with van der Waals surface area (Å²) in [6.07, 6.45) is 5.83. The second kappa shape index (κ2) is 6.57. The number of rotatable bonds is 3. The van der Waals surface area contributed by atoms with Crippen LogP contribution < -0.4 is 10.3 Å². The van der Waals surface area contributed by atoms with E-state index in [-0.39, 0.29) is 11.3 Å². The van der Waals surface area contributed by atoms with E-state index in [9.17, 15) is 9.90 Å². The lowest BCUT2D eigenvalue weighted by Crippen LogP contribution is -2.21. The maximum absolute atomic E-state index is 13.0. The Bertz CT molecular complexity index is 1080. The Morgan fingerprint density at radius 1 is 1.35 bits per heavy atom. The summed E-state index contributed by atoms with van der Waals surface area (Å²) in [6.45, 7) is 1.79. The number of methoxy groups -OCH3 is 1. The Morgan fingerprint density at radius 2 is 2.15 bits per heavy atom. The fourth-order valence-electron chi connectivity index (χ4n) is 3.33. The van der Waals surface area contributed by atoms with E-state index >= 15 is 0 Å². The van der Waals surface area contributed by atoms with Crippen LogP contribution in [0.15, 0.2) is 28.1 Å². The first kappa shape index (κ1) is 16.8. The summed E-state index contributed by atoms with van der Waals surface area (Å²) in [5, 5.41) is 14.7. The Labute approximate surface area is 154 Å². The van der Waals surface area contributed by atoms with Gasteiger partial charge in [0.25, 0.3) is 5.56 Å². The van der Waals surface area contributed by atoms with Gasteiger partial charge >= 0.3 is 0 Å². The molecule has 3 aromatic rings. The van der Waals surface area contributed by atoms with Crippen LogP contribution in [0.3, 0.4) is 0 Å². The molecule has 0 radical (unpaired) electrons. The average molecular weight is 369 g/mol. The van der Waals surface area contributed by atoms with Gasteiger partial charge in [-0.2, -0.15) is 9.78 Å². The predicted octanol–water partition coefficient (Wildman–Crippen LogP) is 3.24. The first-order valence-corrected chi connectivity index (χ1v) is 9.35. The summed E-state index contributed by atoms with van der Waals surface area (Å²) >= 11 is 1.64. The fourth-order valence-corrected chi connectivity index (χ4v) is 4.63. The molecule has 0 atom stereocenters. The minimum Gasteiger partial charge on any atom is -0.504 e. The average Bonchev–Trinajstić information content (AvgIpc) is 3.00. The van der Waals surface area contributed by atoms with Gasteiger partial charge in [0.15, 0.2) is 11.5 Å². The van der Waals surface area contributed by atoms with Gasteiger partial charge in [0.05, 0.1) is 18.7 Å². The lowest BCUT2D eigenvalue weighted by Gasteiger charge is -2.10. The Morgan fingerprint density at radius 3 is 2.96 bits per heavy atom. The number of phenolic OH excluding ortho intramolecular Hbond substituents is 1. The summed E-state index contributed by atoms with van der Waals surface area (Å²) in [4.78, 5) is 19.7. The van der Waals surface area contributed by atoms with E-state index < -0.39 is 0 Å². The number of ether oxygens (including phenoxy) is 1. The molecule has 7 heteroatoms. The summed E-state index contributed by atoms with van der Waals surface area (Å²) in [5.74, 6) is 0.979. The fraction of sp³-hybridized carbons (Fsp3) is 0.316. The molecule has 1 aliphatic rings. The third kappa shape index (κ3) is 2.78. The van der Waals surface area contributed by atoms with Crippen LogP contribution in [0.2, 0.25) is 0 Å². The zero-order valence-corrected chi connectivity index (χ0v) is 15.5. The van der Waals surface area contributed by atoms with Crippen LogP contribution in [0.1, 0.15) is 34.7 Å². The molecule has 1 aliphatic carbocycles. The minimum absolute atomic E-state index is 0.0611. The SMILES string of the molecule is COc1cc(/C=N\n2c(C)nc3sc4c(c3c2=O)CCCC4)ccc1O. The van der Waals surface area contributed by atoms with E-state index in [1.165, 1.54) is 29.2 Å². The number of fused-ring (bicyclic) bond motifs is 3. The molecule has 0 amide bonds. The molecule has 4 rings (SSSR count). The second-order valence-electron chi connectivity index (χ2n) is 6.34. The third-order valence-electron chi connectivity index (χ3n) is 4.65. The van der Waals surface area contributed by atoms with Gasteiger partial charge in [0.2, 0.25) is 0 Å². The summed E-state index contributed by atoms with van der Waals surface area (Å²) < 4.78 is 6.45. The van der Waals surface area contributed by atoms with Crippen molar-refractivity contribution in [2.45, 2.75) is 32.6 Å². The Balaban J connectivity index is 1.80. The smallest absolute Gasteiger partial charge is 0.283 e. The number of benzene rings is 1. The van der Waals surface area contributed by atoms with Gasteiger partial charge in [0.1, 0.15) is 10.7 Å². The lowest BCUT2D eigenvalue weighted by atomic mass is 9.97. The summed E-state index contributed by atoms with van der Waals surface area (Å²) in [5.41, 5.74) is 1.76. The van der Waals surface area contributed by atoms with Gasteiger partial charge in [-0.3, -0.25) is 4.79 Å². The molecule has 1 aromatic carbocycles. The quantitative estimate of drug-likeness (QED) is 0.719. The number of phenols is 1. The van der Waals surface area contributed by atoms with Crippen LogP contribution in [-0.2, 0) is 12.8 Å². The second-order valence-corrected chi connectivity index (χ2v) is 7.43. The summed E-state index contributed by atoms with van der Waals surface area (Å²) in [6, 6.07) is 4.91. The van der Waals surface area contributed by atoms with Crippen molar-refractivity contribution in [1.82, 2.24) is 9.66 Å². The van der Waals surface area contributed by atoms with Crippen molar-refractivity contribution < 1.29 is 9.84 Å². The largest absolute Gasteiger partial charge is 0.504 e. The molecule has 2 aromatic heterocycles. The van der Waals surface area contributed by atoms with Crippen LogP contribution in [0.25, 0.3) is 10.2 Å². The minimum atomic E-state index is -0.117. The van der Waals surface area contributed by atoms with Crippen LogP contribution in [0, 0.1) is 6.92 Å². The van der Waals surface area contributed by atoms with E-state index in [4.69, 9.17) is 4.74 Å². The van der Waals surface area contributed by atoms with Crippen LogP contribution in [0.5, 0.6) is 11.5 Å². The van der Waals surface area contributed by atoms with Crippen molar-refractivity contribution in [1.29, 1.82) is 0 Å². The van der Waals surface area contributed by atoms with Gasteiger partial charge in [-0.15, -0.1) is 11.3 Å². The van der Waals surface area contributed by atoms with Gasteiger partial charge in [-0.25, -0.2) is 4.98 Å². The molecular weight excluding hydrogens is 350 g/mol. The highest BCUT2D eigenvalue weighted by Crippen LogP contribution is 2.33. The monoisotopic (exact) mass is 369 g/mol. The van der Waals surface area contributed by atoms with Gasteiger partial charge in [-0.1, -0.05) is 0 Å². The van der Waals surface area contributed by atoms with Crippen molar-refractivity contribution in [3.63, 3.8) is 0 Å². The Hall–Kier alpha value is -2.67. The summed E-state index contributed by atoms with van der Waals surface area (Å²) in [7, 11) is 1.49. The molecule has 0 spiro atoms. The highest BCUT2D eigenvalue weighted by molar-refractivity contribution is 7.18. The topological polar surface area (TPSA) is 76.7 Å². The third-order valence-corrected chi connectivity index (χ3v) is 5.84. The molecule has 6 nitrogen and oxygen atoms in total. The molecule has 134 valence electrons. The first-order valence-electron chi connectivity index (χ1n) is 8.53. The predicted molar refractivity (Wildman–Crippen MR) is 103 cm³/mol. The number of aromatic nitrogens is 2. The van der Waals surface area contributed by atoms with Crippen molar-refractivity contribution in [3.05, 3.63) is 50.4 Å². The van der Waals surface area contributed by atoms with Crippen LogP contribution in [0.4, 0.5) is 0 Å². The molecule has 0 fully saturated rings. The Kier molecular flexibility index (Phi) is 4.24. The van der Waals surface area contributed by atoms with Crippen molar-refractivity contribution >= 4 is 27.8 Å². The lowest BCUT2D eigenvalue weighted by molar-refractivity contribution is 0.373. The molecule has 0 bridgehead atoms. The molecular formula is C19H19N3O3S. The van der Waals surface area contributed by atoms with E-state index in [2.05, 4.69) is 10.1 Å².